The summed E-state index contributed by atoms with van der Waals surface area (Å²) in [5.41, 5.74) is 0.603. The van der Waals surface area contributed by atoms with Crippen molar-refractivity contribution in [2.45, 2.75) is 19.5 Å². The first kappa shape index (κ1) is 15.3. The van der Waals surface area contributed by atoms with Crippen LogP contribution in [-0.4, -0.2) is 42.1 Å². The van der Waals surface area contributed by atoms with Crippen LogP contribution >= 0.6 is 0 Å². The minimum Gasteiger partial charge on any atom is -0.387 e. The second kappa shape index (κ2) is 6.40. The van der Waals surface area contributed by atoms with Crippen molar-refractivity contribution < 1.29 is 18.0 Å². The Bertz CT molecular complexity index is 434. The molecule has 4 nitrogen and oxygen atoms in total. The molecule has 1 N–H and O–H groups in total. The Morgan fingerprint density at radius 2 is 2.16 bits per heavy atom. The zero-order valence-electron chi connectivity index (χ0n) is 10.8. The smallest absolute Gasteiger partial charge is 0.387 e. The standard InChI is InChI=1S/C12H16F3N3O/c1-3-6-18(8-12(13,14)15)11(19)9-7-17-5-4-10(9)16-2/h4-5,7H,3,6,8H2,1-2H3,(H,16,17). The van der Waals surface area contributed by atoms with Gasteiger partial charge in [-0.1, -0.05) is 6.92 Å². The topological polar surface area (TPSA) is 45.2 Å². The van der Waals surface area contributed by atoms with E-state index in [0.717, 1.165) is 4.90 Å². The van der Waals surface area contributed by atoms with Crippen molar-refractivity contribution in [3.63, 3.8) is 0 Å². The molecule has 0 unspecified atom stereocenters. The van der Waals surface area contributed by atoms with E-state index in [2.05, 4.69) is 10.3 Å². The number of carbonyl (C=O) groups excluding carboxylic acids is 1. The average molecular weight is 275 g/mol. The molecule has 1 amide bonds. The normalized spacial score (nSPS) is 11.2. The van der Waals surface area contributed by atoms with Crippen LogP contribution in [0.5, 0.6) is 0 Å². The second-order valence-electron chi connectivity index (χ2n) is 4.01. The first-order chi connectivity index (χ1) is 8.89. The monoisotopic (exact) mass is 275 g/mol. The molecule has 0 fully saturated rings. The van der Waals surface area contributed by atoms with E-state index in [1.165, 1.54) is 12.4 Å². The van der Waals surface area contributed by atoms with Gasteiger partial charge in [-0.15, -0.1) is 0 Å². The number of halogens is 3. The summed E-state index contributed by atoms with van der Waals surface area (Å²) < 4.78 is 37.4. The van der Waals surface area contributed by atoms with Crippen LogP contribution in [0.1, 0.15) is 23.7 Å². The fourth-order valence-corrected chi connectivity index (χ4v) is 1.69. The van der Waals surface area contributed by atoms with Gasteiger partial charge >= 0.3 is 6.18 Å². The molecular formula is C12H16F3N3O. The van der Waals surface area contributed by atoms with E-state index in [1.807, 2.05) is 0 Å². The molecule has 0 atom stereocenters. The molecule has 0 saturated heterocycles. The van der Waals surface area contributed by atoms with Gasteiger partial charge in [0.05, 0.1) is 5.56 Å². The van der Waals surface area contributed by atoms with Gasteiger partial charge in [-0.2, -0.15) is 13.2 Å². The number of nitrogens with one attached hydrogen (secondary N) is 1. The van der Waals surface area contributed by atoms with Gasteiger partial charge < -0.3 is 10.2 Å². The molecule has 0 aliphatic heterocycles. The van der Waals surface area contributed by atoms with Gasteiger partial charge in [0.25, 0.3) is 5.91 Å². The second-order valence-corrected chi connectivity index (χ2v) is 4.01. The van der Waals surface area contributed by atoms with Crippen molar-refractivity contribution in [2.75, 3.05) is 25.5 Å². The van der Waals surface area contributed by atoms with Gasteiger partial charge in [-0.3, -0.25) is 9.78 Å². The summed E-state index contributed by atoms with van der Waals surface area (Å²) in [6, 6.07) is 1.55. The molecule has 7 heteroatoms. The summed E-state index contributed by atoms with van der Waals surface area (Å²) in [4.78, 5) is 16.7. The molecule has 1 aromatic rings. The van der Waals surface area contributed by atoms with Crippen molar-refractivity contribution in [3.8, 4) is 0 Å². The van der Waals surface area contributed by atoms with Crippen molar-refractivity contribution in [3.05, 3.63) is 24.0 Å². The van der Waals surface area contributed by atoms with E-state index in [4.69, 9.17) is 0 Å². The lowest BCUT2D eigenvalue weighted by molar-refractivity contribution is -0.140. The van der Waals surface area contributed by atoms with Crippen LogP contribution < -0.4 is 5.32 Å². The van der Waals surface area contributed by atoms with Gasteiger partial charge in [0.2, 0.25) is 0 Å². The number of pyridine rings is 1. The maximum Gasteiger partial charge on any atom is 0.406 e. The number of hydrogen-bond donors (Lipinski definition) is 1. The molecule has 106 valence electrons. The Labute approximate surface area is 109 Å². The van der Waals surface area contributed by atoms with Crippen LogP contribution in [0.3, 0.4) is 0 Å². The minimum absolute atomic E-state index is 0.0520. The molecule has 0 aliphatic carbocycles. The number of anilines is 1. The highest BCUT2D eigenvalue weighted by Gasteiger charge is 2.33. The third-order valence-electron chi connectivity index (χ3n) is 2.47. The zero-order chi connectivity index (χ0) is 14.5. The number of rotatable bonds is 5. The SMILES string of the molecule is CCCN(CC(F)(F)F)C(=O)c1cnccc1NC. The Kier molecular flexibility index (Phi) is 5.14. The highest BCUT2D eigenvalue weighted by molar-refractivity contribution is 5.99. The van der Waals surface area contributed by atoms with Gasteiger partial charge in [-0.25, -0.2) is 0 Å². The minimum atomic E-state index is -4.41. The van der Waals surface area contributed by atoms with E-state index < -0.39 is 18.6 Å². The molecular weight excluding hydrogens is 259 g/mol. The maximum absolute atomic E-state index is 12.5. The summed E-state index contributed by atoms with van der Waals surface area (Å²) in [7, 11) is 1.60. The lowest BCUT2D eigenvalue weighted by Gasteiger charge is -2.24. The third kappa shape index (κ3) is 4.42. The number of aromatic nitrogens is 1. The van der Waals surface area contributed by atoms with Crippen LogP contribution in [-0.2, 0) is 0 Å². The van der Waals surface area contributed by atoms with Gasteiger partial charge in [0, 0.05) is 31.7 Å². The summed E-state index contributed by atoms with van der Waals surface area (Å²) in [6.07, 6.45) is -1.21. The maximum atomic E-state index is 12.5. The summed E-state index contributed by atoms with van der Waals surface area (Å²) in [5, 5.41) is 2.77. The van der Waals surface area contributed by atoms with E-state index in [9.17, 15) is 18.0 Å². The molecule has 0 aliphatic rings. The summed E-state index contributed by atoms with van der Waals surface area (Å²) in [5.74, 6) is -0.670. The molecule has 1 heterocycles. The van der Waals surface area contributed by atoms with Crippen molar-refractivity contribution in [1.82, 2.24) is 9.88 Å². The average Bonchev–Trinajstić information content (AvgIpc) is 2.36. The van der Waals surface area contributed by atoms with Gasteiger partial charge in [0.15, 0.2) is 0 Å². The van der Waals surface area contributed by atoms with E-state index in [0.29, 0.717) is 12.1 Å². The quantitative estimate of drug-likeness (QED) is 0.898. The lowest BCUT2D eigenvalue weighted by atomic mass is 10.2. The first-order valence-corrected chi connectivity index (χ1v) is 5.86. The molecule has 1 aromatic heterocycles. The Morgan fingerprint density at radius 3 is 2.68 bits per heavy atom. The van der Waals surface area contributed by atoms with Crippen molar-refractivity contribution >= 4 is 11.6 Å². The van der Waals surface area contributed by atoms with Crippen LogP contribution in [0.15, 0.2) is 18.5 Å². The largest absolute Gasteiger partial charge is 0.406 e. The fraction of sp³-hybridized carbons (Fsp3) is 0.500. The predicted molar refractivity (Wildman–Crippen MR) is 66.0 cm³/mol. The van der Waals surface area contributed by atoms with Crippen molar-refractivity contribution in [1.29, 1.82) is 0 Å². The number of hydrogen-bond acceptors (Lipinski definition) is 3. The van der Waals surface area contributed by atoms with E-state index in [1.54, 1.807) is 20.0 Å². The highest BCUT2D eigenvalue weighted by Crippen LogP contribution is 2.21. The molecule has 0 aromatic carbocycles. The lowest BCUT2D eigenvalue weighted by Crippen LogP contribution is -2.39. The summed E-state index contributed by atoms with van der Waals surface area (Å²) in [6.45, 7) is 0.521. The number of alkyl halides is 3. The van der Waals surface area contributed by atoms with Crippen LogP contribution in [0, 0.1) is 0 Å². The first-order valence-electron chi connectivity index (χ1n) is 5.86. The van der Waals surface area contributed by atoms with Crippen molar-refractivity contribution in [2.24, 2.45) is 0 Å². The Hall–Kier alpha value is -1.79. The molecule has 0 radical (unpaired) electrons. The fourth-order valence-electron chi connectivity index (χ4n) is 1.69. The molecule has 1 rings (SSSR count). The Morgan fingerprint density at radius 1 is 1.47 bits per heavy atom. The number of nitrogens with zero attached hydrogens (tertiary/aromatic N) is 2. The molecule has 0 saturated carbocycles. The highest BCUT2D eigenvalue weighted by atomic mass is 19.4. The van der Waals surface area contributed by atoms with E-state index >= 15 is 0 Å². The zero-order valence-corrected chi connectivity index (χ0v) is 10.8. The predicted octanol–water partition coefficient (Wildman–Crippen LogP) is 2.54. The number of amides is 1. The molecule has 19 heavy (non-hydrogen) atoms. The van der Waals surface area contributed by atoms with Crippen LogP contribution in [0.4, 0.5) is 18.9 Å². The van der Waals surface area contributed by atoms with Crippen LogP contribution in [0.25, 0.3) is 0 Å². The molecule has 0 spiro atoms. The molecule has 0 bridgehead atoms. The van der Waals surface area contributed by atoms with E-state index in [-0.39, 0.29) is 12.1 Å². The third-order valence-corrected chi connectivity index (χ3v) is 2.47. The Balaban J connectivity index is 2.99. The number of carbonyl (C=O) groups is 1. The van der Waals surface area contributed by atoms with Crippen LogP contribution in [0.2, 0.25) is 0 Å². The van der Waals surface area contributed by atoms with Gasteiger partial charge in [-0.05, 0) is 12.5 Å². The van der Waals surface area contributed by atoms with Gasteiger partial charge in [0.1, 0.15) is 6.54 Å². The summed E-state index contributed by atoms with van der Waals surface area (Å²) >= 11 is 0.